The van der Waals surface area contributed by atoms with Gasteiger partial charge >= 0.3 is 0 Å². The van der Waals surface area contributed by atoms with Crippen LogP contribution in [-0.4, -0.2) is 23.4 Å². The predicted octanol–water partition coefficient (Wildman–Crippen LogP) is 2.18. The summed E-state index contributed by atoms with van der Waals surface area (Å²) in [5.41, 5.74) is 2.13. The van der Waals surface area contributed by atoms with Crippen LogP contribution < -0.4 is 14.8 Å². The molecule has 0 spiro atoms. The van der Waals surface area contributed by atoms with E-state index in [2.05, 4.69) is 15.5 Å². The third-order valence-electron chi connectivity index (χ3n) is 2.81. The summed E-state index contributed by atoms with van der Waals surface area (Å²) in [7, 11) is 0. The molecule has 1 aliphatic heterocycles. The van der Waals surface area contributed by atoms with Crippen LogP contribution in [0.15, 0.2) is 30.6 Å². The molecule has 1 aromatic heterocycles. The highest BCUT2D eigenvalue weighted by atomic mass is 16.5. The van der Waals surface area contributed by atoms with Gasteiger partial charge in [-0.1, -0.05) is 6.07 Å². The predicted molar refractivity (Wildman–Crippen MR) is 68.0 cm³/mol. The minimum Gasteiger partial charge on any atom is -0.490 e. The number of anilines is 1. The molecule has 3 rings (SSSR count). The minimum atomic E-state index is 0.714. The molecule has 0 atom stereocenters. The maximum atomic E-state index is 5.65. The van der Waals surface area contributed by atoms with Gasteiger partial charge in [0.25, 0.3) is 0 Å². The van der Waals surface area contributed by atoms with E-state index in [4.69, 9.17) is 9.47 Å². The normalized spacial score (nSPS) is 14.0. The summed E-state index contributed by atoms with van der Waals surface area (Å²) in [6.45, 7) is 2.17. The number of rotatable bonds is 3. The first-order valence-corrected chi connectivity index (χ1v) is 6.03. The standard InChI is InChI=1S/C13H15N3O2/c1-4-17-12-3-2-10(6-13(12)18-5-1)7-14-11-8-15-16-9-11/h2-3,6,8-9,14H,1,4-5,7H2,(H,15,16). The number of aromatic nitrogens is 2. The van der Waals surface area contributed by atoms with Crippen molar-refractivity contribution >= 4 is 5.69 Å². The summed E-state index contributed by atoms with van der Waals surface area (Å²) in [5, 5.41) is 9.93. The molecular weight excluding hydrogens is 230 g/mol. The van der Waals surface area contributed by atoms with Crippen molar-refractivity contribution in [1.29, 1.82) is 0 Å². The lowest BCUT2D eigenvalue weighted by Crippen LogP contribution is -1.99. The molecule has 2 N–H and O–H groups in total. The highest BCUT2D eigenvalue weighted by Crippen LogP contribution is 2.30. The van der Waals surface area contributed by atoms with Crippen LogP contribution in [0.2, 0.25) is 0 Å². The average Bonchev–Trinajstić information content (AvgIpc) is 2.80. The summed E-state index contributed by atoms with van der Waals surface area (Å²) in [4.78, 5) is 0. The maximum absolute atomic E-state index is 5.65. The number of hydrogen-bond donors (Lipinski definition) is 2. The number of benzene rings is 1. The summed E-state index contributed by atoms with van der Waals surface area (Å²) in [6, 6.07) is 6.03. The lowest BCUT2D eigenvalue weighted by atomic mass is 10.2. The maximum Gasteiger partial charge on any atom is 0.161 e. The van der Waals surface area contributed by atoms with E-state index < -0.39 is 0 Å². The number of hydrogen-bond acceptors (Lipinski definition) is 4. The van der Waals surface area contributed by atoms with E-state index in [0.29, 0.717) is 6.61 Å². The number of nitrogens with one attached hydrogen (secondary N) is 2. The highest BCUT2D eigenvalue weighted by molar-refractivity contribution is 5.45. The van der Waals surface area contributed by atoms with Gasteiger partial charge in [0.15, 0.2) is 11.5 Å². The summed E-state index contributed by atoms with van der Waals surface area (Å²) < 4.78 is 11.2. The van der Waals surface area contributed by atoms with Gasteiger partial charge in [0, 0.05) is 19.2 Å². The van der Waals surface area contributed by atoms with Crippen molar-refractivity contribution in [1.82, 2.24) is 10.2 Å². The molecule has 1 aromatic carbocycles. The van der Waals surface area contributed by atoms with Crippen LogP contribution in [0.3, 0.4) is 0 Å². The zero-order valence-electron chi connectivity index (χ0n) is 9.98. The molecule has 0 saturated heterocycles. The third kappa shape index (κ3) is 2.40. The average molecular weight is 245 g/mol. The quantitative estimate of drug-likeness (QED) is 0.870. The molecule has 0 amide bonds. The van der Waals surface area contributed by atoms with Crippen LogP contribution in [0.1, 0.15) is 12.0 Å². The van der Waals surface area contributed by atoms with Gasteiger partial charge in [0.05, 0.1) is 25.1 Å². The Morgan fingerprint density at radius 1 is 1.22 bits per heavy atom. The van der Waals surface area contributed by atoms with Crippen LogP contribution in [0, 0.1) is 0 Å². The lowest BCUT2D eigenvalue weighted by molar-refractivity contribution is 0.297. The Hall–Kier alpha value is -2.17. The second-order valence-electron chi connectivity index (χ2n) is 4.17. The Morgan fingerprint density at radius 2 is 2.11 bits per heavy atom. The smallest absolute Gasteiger partial charge is 0.161 e. The van der Waals surface area contributed by atoms with Crippen molar-refractivity contribution in [3.05, 3.63) is 36.2 Å². The fourth-order valence-corrected chi connectivity index (χ4v) is 1.87. The monoisotopic (exact) mass is 245 g/mol. The number of fused-ring (bicyclic) bond motifs is 1. The van der Waals surface area contributed by atoms with E-state index in [1.54, 1.807) is 6.20 Å². The van der Waals surface area contributed by atoms with Gasteiger partial charge in [-0.05, 0) is 17.7 Å². The molecule has 0 unspecified atom stereocenters. The SMILES string of the molecule is c1cc2c(cc1CNc1cn[nH]c1)OCCCO2. The van der Waals surface area contributed by atoms with Crippen LogP contribution in [0.25, 0.3) is 0 Å². The summed E-state index contributed by atoms with van der Waals surface area (Å²) in [5.74, 6) is 1.67. The van der Waals surface area contributed by atoms with Crippen LogP contribution in [-0.2, 0) is 6.54 Å². The van der Waals surface area contributed by atoms with Gasteiger partial charge in [-0.3, -0.25) is 5.10 Å². The highest BCUT2D eigenvalue weighted by Gasteiger charge is 2.10. The van der Waals surface area contributed by atoms with Crippen molar-refractivity contribution in [3.8, 4) is 11.5 Å². The molecule has 0 fully saturated rings. The van der Waals surface area contributed by atoms with Gasteiger partial charge in [-0.25, -0.2) is 0 Å². The van der Waals surface area contributed by atoms with E-state index in [-0.39, 0.29) is 0 Å². The molecule has 0 saturated carbocycles. The molecular formula is C13H15N3O2. The Morgan fingerprint density at radius 3 is 2.94 bits per heavy atom. The van der Waals surface area contributed by atoms with Gasteiger partial charge < -0.3 is 14.8 Å². The largest absolute Gasteiger partial charge is 0.490 e. The molecule has 18 heavy (non-hydrogen) atoms. The van der Waals surface area contributed by atoms with E-state index in [0.717, 1.165) is 42.3 Å². The Bertz CT molecular complexity index is 511. The number of nitrogens with zero attached hydrogens (tertiary/aromatic N) is 1. The molecule has 94 valence electrons. The Balaban J connectivity index is 1.71. The summed E-state index contributed by atoms with van der Waals surface area (Å²) in [6.07, 6.45) is 4.50. The van der Waals surface area contributed by atoms with Crippen LogP contribution in [0.5, 0.6) is 11.5 Å². The van der Waals surface area contributed by atoms with E-state index >= 15 is 0 Å². The van der Waals surface area contributed by atoms with Crippen LogP contribution in [0.4, 0.5) is 5.69 Å². The second kappa shape index (κ2) is 5.00. The minimum absolute atomic E-state index is 0.714. The van der Waals surface area contributed by atoms with E-state index in [9.17, 15) is 0 Å². The zero-order valence-corrected chi connectivity index (χ0v) is 9.98. The van der Waals surface area contributed by atoms with Crippen molar-refractivity contribution in [2.45, 2.75) is 13.0 Å². The molecule has 1 aliphatic rings. The van der Waals surface area contributed by atoms with Crippen molar-refractivity contribution < 1.29 is 9.47 Å². The molecule has 5 heteroatoms. The molecule has 2 heterocycles. The van der Waals surface area contributed by atoms with E-state index in [1.807, 2.05) is 24.4 Å². The molecule has 0 radical (unpaired) electrons. The first-order chi connectivity index (χ1) is 8.92. The first kappa shape index (κ1) is 11.0. The second-order valence-corrected chi connectivity index (χ2v) is 4.17. The fraction of sp³-hybridized carbons (Fsp3) is 0.308. The number of H-pyrrole nitrogens is 1. The Kier molecular flexibility index (Phi) is 3.04. The van der Waals surface area contributed by atoms with Crippen molar-refractivity contribution in [2.24, 2.45) is 0 Å². The molecule has 5 nitrogen and oxygen atoms in total. The summed E-state index contributed by atoms with van der Waals surface area (Å²) >= 11 is 0. The fourth-order valence-electron chi connectivity index (χ4n) is 1.87. The molecule has 0 bridgehead atoms. The van der Waals surface area contributed by atoms with Crippen molar-refractivity contribution in [3.63, 3.8) is 0 Å². The van der Waals surface area contributed by atoms with Gasteiger partial charge in [0.2, 0.25) is 0 Å². The zero-order chi connectivity index (χ0) is 12.2. The first-order valence-electron chi connectivity index (χ1n) is 6.03. The van der Waals surface area contributed by atoms with Crippen LogP contribution >= 0.6 is 0 Å². The molecule has 2 aromatic rings. The van der Waals surface area contributed by atoms with Gasteiger partial charge in [-0.2, -0.15) is 5.10 Å². The van der Waals surface area contributed by atoms with E-state index in [1.165, 1.54) is 0 Å². The lowest BCUT2D eigenvalue weighted by Gasteiger charge is -2.09. The van der Waals surface area contributed by atoms with Crippen molar-refractivity contribution in [2.75, 3.05) is 18.5 Å². The third-order valence-corrected chi connectivity index (χ3v) is 2.81. The van der Waals surface area contributed by atoms with Gasteiger partial charge in [0.1, 0.15) is 0 Å². The molecule has 0 aliphatic carbocycles. The van der Waals surface area contributed by atoms with Gasteiger partial charge in [-0.15, -0.1) is 0 Å². The number of aromatic amines is 1. The Labute approximate surface area is 105 Å². The topological polar surface area (TPSA) is 59.2 Å². The number of ether oxygens (including phenoxy) is 2.